The van der Waals surface area contributed by atoms with Crippen LogP contribution in [0.25, 0.3) is 71.2 Å². The number of allylic oxidation sites excluding steroid dienone is 4. The Labute approximate surface area is 263 Å². The van der Waals surface area contributed by atoms with Gasteiger partial charge < -0.3 is 13.6 Å². The molecule has 4 nitrogen and oxygen atoms in total. The summed E-state index contributed by atoms with van der Waals surface area (Å²) in [6.07, 6.45) is 8.98. The van der Waals surface area contributed by atoms with E-state index in [1.54, 1.807) is 0 Å². The Morgan fingerprint density at radius 1 is 0.543 bits per heavy atom. The first-order chi connectivity index (χ1) is 22.8. The summed E-state index contributed by atoms with van der Waals surface area (Å²) in [7, 11) is 0. The molecule has 0 spiro atoms. The molecule has 214 valence electrons. The predicted octanol–water partition coefficient (Wildman–Crippen LogP) is 10.7. The van der Waals surface area contributed by atoms with Crippen molar-refractivity contribution in [3.8, 4) is 5.69 Å². The lowest BCUT2D eigenvalue weighted by molar-refractivity contribution is 0.669. The van der Waals surface area contributed by atoms with Crippen LogP contribution in [0.5, 0.6) is 0 Å². The van der Waals surface area contributed by atoms with E-state index in [1.165, 1.54) is 60.7 Å². The summed E-state index contributed by atoms with van der Waals surface area (Å²) >= 11 is 0. The molecule has 46 heavy (non-hydrogen) atoms. The van der Waals surface area contributed by atoms with Gasteiger partial charge in [-0.2, -0.15) is 4.58 Å². The van der Waals surface area contributed by atoms with Crippen molar-refractivity contribution in [1.82, 2.24) is 13.7 Å². The van der Waals surface area contributed by atoms with Crippen molar-refractivity contribution in [3.63, 3.8) is 0 Å². The normalized spacial score (nSPS) is 15.8. The predicted molar refractivity (Wildman–Crippen MR) is 191 cm³/mol. The van der Waals surface area contributed by atoms with Gasteiger partial charge in [-0.1, -0.05) is 97.1 Å². The molecule has 0 amide bonds. The van der Waals surface area contributed by atoms with Crippen molar-refractivity contribution in [3.05, 3.63) is 152 Å². The number of rotatable bonds is 2. The van der Waals surface area contributed by atoms with Crippen LogP contribution in [-0.4, -0.2) is 14.8 Å². The van der Waals surface area contributed by atoms with Crippen LogP contribution in [0.4, 0.5) is 11.4 Å². The van der Waals surface area contributed by atoms with Crippen LogP contribution in [0.3, 0.4) is 0 Å². The lowest BCUT2D eigenvalue weighted by Gasteiger charge is -2.25. The molecule has 1 aliphatic carbocycles. The highest BCUT2D eigenvalue weighted by Crippen LogP contribution is 2.47. The van der Waals surface area contributed by atoms with E-state index >= 15 is 0 Å². The highest BCUT2D eigenvalue weighted by Gasteiger charge is 2.38. The zero-order valence-corrected chi connectivity index (χ0v) is 24.8. The molecule has 4 heteroatoms. The maximum absolute atomic E-state index is 6.21. The topological polar surface area (TPSA) is 26.0 Å². The summed E-state index contributed by atoms with van der Waals surface area (Å²) in [6, 6.07) is 45.9. The maximum atomic E-state index is 6.21. The SMILES string of the molecule is C1=CC2=[N+](c3ccc4oc5ccccc5c4c3)c3cccc4c5ccc6c7ccccc7n(-c7ccccc7)c6c5n(c34)C2C=C1. The fraction of sp³-hybridized carbons (Fsp3) is 0.0238. The molecule has 1 atom stereocenters. The van der Waals surface area contributed by atoms with Crippen molar-refractivity contribution >= 4 is 82.6 Å². The highest BCUT2D eigenvalue weighted by molar-refractivity contribution is 6.26. The van der Waals surface area contributed by atoms with Crippen molar-refractivity contribution in [2.24, 2.45) is 0 Å². The molecule has 3 aromatic heterocycles. The smallest absolute Gasteiger partial charge is 0.235 e. The Morgan fingerprint density at radius 2 is 1.28 bits per heavy atom. The van der Waals surface area contributed by atoms with Gasteiger partial charge in [-0.15, -0.1) is 0 Å². The first-order valence-electron chi connectivity index (χ1n) is 15.8. The molecule has 4 heterocycles. The van der Waals surface area contributed by atoms with Crippen molar-refractivity contribution in [2.45, 2.75) is 6.04 Å². The van der Waals surface area contributed by atoms with E-state index in [0.717, 1.165) is 27.6 Å². The second-order valence-electron chi connectivity index (χ2n) is 12.3. The number of hydrogen-bond donors (Lipinski definition) is 0. The van der Waals surface area contributed by atoms with Crippen LogP contribution in [-0.2, 0) is 0 Å². The minimum absolute atomic E-state index is 0.0181. The van der Waals surface area contributed by atoms with Gasteiger partial charge in [-0.3, -0.25) is 0 Å². The Morgan fingerprint density at radius 3 is 2.20 bits per heavy atom. The van der Waals surface area contributed by atoms with Gasteiger partial charge in [-0.05, 0) is 30.3 Å². The van der Waals surface area contributed by atoms with Gasteiger partial charge in [0.15, 0.2) is 0 Å². The quantitative estimate of drug-likeness (QED) is 0.185. The molecule has 2 aliphatic rings. The molecule has 9 aromatic rings. The number of aromatic nitrogens is 2. The van der Waals surface area contributed by atoms with Crippen LogP contribution in [0.2, 0.25) is 0 Å². The monoisotopic (exact) mass is 588 g/mol. The van der Waals surface area contributed by atoms with Crippen molar-refractivity contribution < 1.29 is 4.42 Å². The summed E-state index contributed by atoms with van der Waals surface area (Å²) in [6.45, 7) is 0. The van der Waals surface area contributed by atoms with Gasteiger partial charge in [0, 0.05) is 62.3 Å². The Hall–Kier alpha value is -6.13. The van der Waals surface area contributed by atoms with Crippen LogP contribution >= 0.6 is 0 Å². The van der Waals surface area contributed by atoms with Crippen LogP contribution in [0.15, 0.2) is 156 Å². The van der Waals surface area contributed by atoms with E-state index < -0.39 is 0 Å². The summed E-state index contributed by atoms with van der Waals surface area (Å²) < 4.78 is 13.7. The van der Waals surface area contributed by atoms with Crippen molar-refractivity contribution in [2.75, 3.05) is 0 Å². The third-order valence-electron chi connectivity index (χ3n) is 9.98. The Balaban J connectivity index is 1.29. The molecule has 0 fully saturated rings. The molecule has 0 bridgehead atoms. The maximum Gasteiger partial charge on any atom is 0.235 e. The van der Waals surface area contributed by atoms with E-state index in [2.05, 4.69) is 153 Å². The summed E-state index contributed by atoms with van der Waals surface area (Å²) in [5.41, 5.74) is 11.5. The fourth-order valence-corrected chi connectivity index (χ4v) is 8.15. The van der Waals surface area contributed by atoms with E-state index in [0.29, 0.717) is 0 Å². The molecule has 6 aromatic carbocycles. The van der Waals surface area contributed by atoms with E-state index in [-0.39, 0.29) is 6.04 Å². The lowest BCUT2D eigenvalue weighted by Crippen LogP contribution is -2.30. The van der Waals surface area contributed by atoms with Gasteiger partial charge in [0.2, 0.25) is 17.1 Å². The second kappa shape index (κ2) is 8.74. The largest absolute Gasteiger partial charge is 0.456 e. The first-order valence-corrected chi connectivity index (χ1v) is 15.8. The Bertz CT molecular complexity index is 2860. The molecule has 0 saturated heterocycles. The number of nitrogens with zero attached hydrogens (tertiary/aromatic N) is 3. The minimum atomic E-state index is 0.0181. The molecule has 11 rings (SSSR count). The molecule has 0 saturated carbocycles. The van der Waals surface area contributed by atoms with E-state index in [1.807, 2.05) is 12.1 Å². The van der Waals surface area contributed by atoms with Crippen LogP contribution in [0, 0.1) is 0 Å². The van der Waals surface area contributed by atoms with E-state index in [4.69, 9.17) is 4.42 Å². The van der Waals surface area contributed by atoms with Crippen LogP contribution < -0.4 is 4.58 Å². The zero-order chi connectivity index (χ0) is 29.9. The minimum Gasteiger partial charge on any atom is -0.456 e. The van der Waals surface area contributed by atoms with Crippen molar-refractivity contribution in [1.29, 1.82) is 0 Å². The third-order valence-corrected chi connectivity index (χ3v) is 9.98. The average Bonchev–Trinajstić information content (AvgIpc) is 3.77. The lowest BCUT2D eigenvalue weighted by atomic mass is 10.0. The fourth-order valence-electron chi connectivity index (χ4n) is 8.15. The second-order valence-corrected chi connectivity index (χ2v) is 12.3. The molecule has 1 aliphatic heterocycles. The molecule has 1 unspecified atom stereocenters. The standard InChI is InChI=1S/C42H26N3O/c1-2-11-26(12-3-1)44-34-16-6-4-13-28(34)31-22-23-32-30-15-10-19-37-40(30)45(42(32)41(31)44)36-18-8-7-17-35(36)43(37)27-21-24-39-33(25-27)29-14-5-9-20-38(29)46-39/h1-25,36H/q+1. The molecular formula is C42H26N3O+. The highest BCUT2D eigenvalue weighted by atomic mass is 16.3. The van der Waals surface area contributed by atoms with Gasteiger partial charge in [0.1, 0.15) is 22.7 Å². The first kappa shape index (κ1) is 24.2. The van der Waals surface area contributed by atoms with E-state index in [9.17, 15) is 0 Å². The van der Waals surface area contributed by atoms with Crippen LogP contribution in [0.1, 0.15) is 6.04 Å². The molecule has 0 radical (unpaired) electrons. The average molecular weight is 589 g/mol. The molecular weight excluding hydrogens is 562 g/mol. The summed E-state index contributed by atoms with van der Waals surface area (Å²) in [5, 5.41) is 7.34. The zero-order valence-electron chi connectivity index (χ0n) is 24.8. The number of benzene rings is 6. The number of fused-ring (bicyclic) bond motifs is 12. The van der Waals surface area contributed by atoms with Gasteiger partial charge in [0.25, 0.3) is 0 Å². The van der Waals surface area contributed by atoms with Gasteiger partial charge in [-0.25, -0.2) is 0 Å². The Kier molecular flexibility index (Phi) is 4.60. The molecule has 0 N–H and O–H groups in total. The summed E-state index contributed by atoms with van der Waals surface area (Å²) in [4.78, 5) is 0. The number of furan rings is 1. The van der Waals surface area contributed by atoms with Gasteiger partial charge in [0.05, 0.1) is 16.6 Å². The number of hydrogen-bond acceptors (Lipinski definition) is 1. The van der Waals surface area contributed by atoms with Gasteiger partial charge >= 0.3 is 0 Å². The summed E-state index contributed by atoms with van der Waals surface area (Å²) in [5.74, 6) is 0. The number of para-hydroxylation sites is 4. The third kappa shape index (κ3) is 3.01.